The summed E-state index contributed by atoms with van der Waals surface area (Å²) in [6, 6.07) is 15.5. The van der Waals surface area contributed by atoms with Gasteiger partial charge in [-0.05, 0) is 47.6 Å². The van der Waals surface area contributed by atoms with E-state index in [-0.39, 0.29) is 11.7 Å². The van der Waals surface area contributed by atoms with Gasteiger partial charge in [0, 0.05) is 12.1 Å². The topological polar surface area (TPSA) is 28.7 Å². The molecule has 0 spiro atoms. The quantitative estimate of drug-likeness (QED) is 0.761. The number of benzene rings is 2. The lowest BCUT2D eigenvalue weighted by atomic mass is 9.92. The number of H-pyrrole nitrogens is 1. The highest BCUT2D eigenvalue weighted by Gasteiger charge is 2.32. The van der Waals surface area contributed by atoms with Crippen molar-refractivity contribution in [2.45, 2.75) is 24.7 Å². The fraction of sp³-hybridized carbons (Fsp3) is 0.211. The van der Waals surface area contributed by atoms with Crippen molar-refractivity contribution in [1.29, 1.82) is 0 Å². The molecular formula is C19H17FN2. The average Bonchev–Trinajstić information content (AvgIpc) is 3.16. The number of aromatic nitrogens is 2. The van der Waals surface area contributed by atoms with E-state index in [2.05, 4.69) is 34.2 Å². The standard InChI is InChI=1S/C19H17FN2/c20-15-5-3-4-13(8-15)19-10-14(9-16-11-21-12-22-16)17-6-1-2-7-18(17)19/h1-8,11-12,14,19H,9-10H2,(H,21,22). The lowest BCUT2D eigenvalue weighted by molar-refractivity contribution is 0.608. The molecule has 0 bridgehead atoms. The molecule has 2 unspecified atom stereocenters. The molecule has 0 amide bonds. The Kier molecular flexibility index (Phi) is 3.26. The van der Waals surface area contributed by atoms with Crippen LogP contribution < -0.4 is 0 Å². The van der Waals surface area contributed by atoms with Crippen molar-refractivity contribution in [3.8, 4) is 0 Å². The van der Waals surface area contributed by atoms with Gasteiger partial charge in [0.1, 0.15) is 5.82 Å². The van der Waals surface area contributed by atoms with Gasteiger partial charge in [-0.3, -0.25) is 0 Å². The zero-order chi connectivity index (χ0) is 14.9. The minimum Gasteiger partial charge on any atom is -0.351 e. The molecule has 0 fully saturated rings. The van der Waals surface area contributed by atoms with Gasteiger partial charge in [0.15, 0.2) is 0 Å². The second-order valence-electron chi connectivity index (χ2n) is 5.93. The van der Waals surface area contributed by atoms with Crippen LogP contribution in [0.15, 0.2) is 61.1 Å². The van der Waals surface area contributed by atoms with Crippen molar-refractivity contribution in [1.82, 2.24) is 9.97 Å². The maximum atomic E-state index is 13.6. The Morgan fingerprint density at radius 2 is 1.95 bits per heavy atom. The van der Waals surface area contributed by atoms with Gasteiger partial charge >= 0.3 is 0 Å². The first-order valence-corrected chi connectivity index (χ1v) is 7.63. The summed E-state index contributed by atoms with van der Waals surface area (Å²) in [4.78, 5) is 7.37. The molecule has 1 aliphatic rings. The number of fused-ring (bicyclic) bond motifs is 1. The first-order valence-electron chi connectivity index (χ1n) is 7.63. The van der Waals surface area contributed by atoms with E-state index in [1.807, 2.05) is 12.3 Å². The Morgan fingerprint density at radius 1 is 1.09 bits per heavy atom. The lowest BCUT2D eigenvalue weighted by Gasteiger charge is -2.12. The van der Waals surface area contributed by atoms with Crippen molar-refractivity contribution in [2.24, 2.45) is 0 Å². The molecule has 3 heteroatoms. The summed E-state index contributed by atoms with van der Waals surface area (Å²) in [7, 11) is 0. The zero-order valence-electron chi connectivity index (χ0n) is 12.2. The van der Waals surface area contributed by atoms with E-state index in [1.165, 1.54) is 17.2 Å². The molecule has 1 N–H and O–H groups in total. The molecule has 2 nitrogen and oxygen atoms in total. The van der Waals surface area contributed by atoms with Gasteiger partial charge in [0.05, 0.1) is 12.0 Å². The molecule has 1 aliphatic carbocycles. The minimum absolute atomic E-state index is 0.161. The predicted molar refractivity (Wildman–Crippen MR) is 84.3 cm³/mol. The summed E-state index contributed by atoms with van der Waals surface area (Å²) in [5.74, 6) is 0.550. The van der Waals surface area contributed by atoms with Crippen molar-refractivity contribution < 1.29 is 4.39 Å². The molecule has 0 aliphatic heterocycles. The van der Waals surface area contributed by atoms with Crippen LogP contribution in [0.2, 0.25) is 0 Å². The second kappa shape index (κ2) is 5.41. The number of nitrogens with one attached hydrogen (secondary N) is 1. The summed E-state index contributed by atoms with van der Waals surface area (Å²) in [6.45, 7) is 0. The van der Waals surface area contributed by atoms with Gasteiger partial charge in [0.25, 0.3) is 0 Å². The minimum atomic E-state index is -0.161. The SMILES string of the molecule is Fc1cccc(C2CC(Cc3c[nH]cn3)c3ccccc32)c1. The molecule has 4 rings (SSSR count). The number of nitrogens with zero attached hydrogens (tertiary/aromatic N) is 1. The van der Waals surface area contributed by atoms with Crippen molar-refractivity contribution in [3.05, 3.63) is 89.3 Å². The number of halogens is 1. The molecule has 1 aromatic heterocycles. The maximum Gasteiger partial charge on any atom is 0.123 e. The van der Waals surface area contributed by atoms with Crippen LogP contribution in [0, 0.1) is 5.82 Å². The molecule has 2 atom stereocenters. The van der Waals surface area contributed by atoms with Crippen molar-refractivity contribution in [2.75, 3.05) is 0 Å². The molecule has 1 heterocycles. The van der Waals surface area contributed by atoms with E-state index >= 15 is 0 Å². The Morgan fingerprint density at radius 3 is 2.73 bits per heavy atom. The van der Waals surface area contributed by atoms with Gasteiger partial charge in [-0.1, -0.05) is 36.4 Å². The van der Waals surface area contributed by atoms with E-state index < -0.39 is 0 Å². The molecule has 0 saturated carbocycles. The fourth-order valence-corrected chi connectivity index (χ4v) is 3.63. The van der Waals surface area contributed by atoms with E-state index in [9.17, 15) is 4.39 Å². The van der Waals surface area contributed by atoms with Gasteiger partial charge in [0.2, 0.25) is 0 Å². The highest BCUT2D eigenvalue weighted by Crippen LogP contribution is 2.46. The lowest BCUT2D eigenvalue weighted by Crippen LogP contribution is -2.00. The molecule has 3 aromatic rings. The molecule has 0 radical (unpaired) electrons. The van der Waals surface area contributed by atoms with Crippen LogP contribution in [0.4, 0.5) is 4.39 Å². The predicted octanol–water partition coefficient (Wildman–Crippen LogP) is 4.41. The number of imidazole rings is 1. The average molecular weight is 292 g/mol. The maximum absolute atomic E-state index is 13.6. The second-order valence-corrected chi connectivity index (χ2v) is 5.93. The van der Waals surface area contributed by atoms with Crippen LogP contribution in [0.25, 0.3) is 0 Å². The number of aromatic amines is 1. The Balaban J connectivity index is 1.70. The molecule has 0 saturated heterocycles. The number of hydrogen-bond acceptors (Lipinski definition) is 1. The highest BCUT2D eigenvalue weighted by atomic mass is 19.1. The number of hydrogen-bond donors (Lipinski definition) is 1. The third-order valence-corrected chi connectivity index (χ3v) is 4.59. The zero-order valence-corrected chi connectivity index (χ0v) is 12.2. The summed E-state index contributed by atoms with van der Waals surface area (Å²) in [6.07, 6.45) is 5.61. The third kappa shape index (κ3) is 2.33. The Bertz CT molecular complexity index is 780. The van der Waals surface area contributed by atoms with Crippen molar-refractivity contribution >= 4 is 0 Å². The van der Waals surface area contributed by atoms with E-state index in [0.717, 1.165) is 24.1 Å². The number of rotatable bonds is 3. The molecule has 2 aromatic carbocycles. The van der Waals surface area contributed by atoms with E-state index in [4.69, 9.17) is 0 Å². The smallest absolute Gasteiger partial charge is 0.123 e. The van der Waals surface area contributed by atoms with Gasteiger partial charge in [-0.2, -0.15) is 0 Å². The van der Waals surface area contributed by atoms with Crippen LogP contribution in [-0.4, -0.2) is 9.97 Å². The van der Waals surface area contributed by atoms with Crippen molar-refractivity contribution in [3.63, 3.8) is 0 Å². The van der Waals surface area contributed by atoms with Crippen LogP contribution in [-0.2, 0) is 6.42 Å². The van der Waals surface area contributed by atoms with Crippen LogP contribution in [0.3, 0.4) is 0 Å². The van der Waals surface area contributed by atoms with Crippen LogP contribution >= 0.6 is 0 Å². The summed E-state index contributed by atoms with van der Waals surface area (Å²) < 4.78 is 13.6. The van der Waals surface area contributed by atoms with Gasteiger partial charge < -0.3 is 4.98 Å². The normalized spacial score (nSPS) is 20.0. The summed E-state index contributed by atoms with van der Waals surface area (Å²) >= 11 is 0. The third-order valence-electron chi connectivity index (χ3n) is 4.59. The first kappa shape index (κ1) is 13.3. The van der Waals surface area contributed by atoms with E-state index in [1.54, 1.807) is 18.5 Å². The molecule has 110 valence electrons. The largest absolute Gasteiger partial charge is 0.351 e. The van der Waals surface area contributed by atoms with Gasteiger partial charge in [-0.25, -0.2) is 9.37 Å². The monoisotopic (exact) mass is 292 g/mol. The Labute approximate surface area is 129 Å². The van der Waals surface area contributed by atoms with Crippen LogP contribution in [0.1, 0.15) is 40.6 Å². The van der Waals surface area contributed by atoms with Gasteiger partial charge in [-0.15, -0.1) is 0 Å². The fourth-order valence-electron chi connectivity index (χ4n) is 3.63. The summed E-state index contributed by atoms with van der Waals surface area (Å²) in [5.41, 5.74) is 4.85. The van der Waals surface area contributed by atoms with Crippen LogP contribution in [0.5, 0.6) is 0 Å². The molecule has 22 heavy (non-hydrogen) atoms. The highest BCUT2D eigenvalue weighted by molar-refractivity contribution is 5.45. The first-order chi connectivity index (χ1) is 10.8. The molecular weight excluding hydrogens is 275 g/mol. The summed E-state index contributed by atoms with van der Waals surface area (Å²) in [5, 5.41) is 0. The Hall–Kier alpha value is -2.42. The van der Waals surface area contributed by atoms with E-state index in [0.29, 0.717) is 5.92 Å².